The molecule has 0 radical (unpaired) electrons. The number of benzene rings is 1. The number of amides is 2. The third kappa shape index (κ3) is 3.56. The van der Waals surface area contributed by atoms with Crippen LogP contribution in [0.4, 0.5) is 18.0 Å². The van der Waals surface area contributed by atoms with Crippen molar-refractivity contribution in [2.75, 3.05) is 26.2 Å². The number of aromatic nitrogens is 3. The number of hydrogen-bond donors (Lipinski definition) is 2. The highest BCUT2D eigenvalue weighted by atomic mass is 32.2. The first-order valence-corrected chi connectivity index (χ1v) is 10.6. The molecule has 2 N–H and O–H groups in total. The first-order valence-electron chi connectivity index (χ1n) is 9.01. The molecule has 0 saturated carbocycles. The van der Waals surface area contributed by atoms with Crippen LogP contribution in [0.25, 0.3) is 0 Å². The van der Waals surface area contributed by atoms with E-state index in [9.17, 15) is 22.2 Å². The van der Waals surface area contributed by atoms with Gasteiger partial charge in [0, 0.05) is 38.0 Å². The zero-order valence-corrected chi connectivity index (χ0v) is 16.0. The second kappa shape index (κ2) is 7.01. The van der Waals surface area contributed by atoms with E-state index in [0.29, 0.717) is 26.2 Å². The van der Waals surface area contributed by atoms with Crippen molar-refractivity contribution in [1.29, 1.82) is 4.78 Å². The van der Waals surface area contributed by atoms with Crippen LogP contribution in [0.15, 0.2) is 35.5 Å². The highest BCUT2D eigenvalue weighted by molar-refractivity contribution is 7.93. The van der Waals surface area contributed by atoms with E-state index in [2.05, 4.69) is 15.2 Å². The fourth-order valence-corrected chi connectivity index (χ4v) is 4.47. The zero-order valence-electron chi connectivity index (χ0n) is 15.2. The maximum Gasteiger partial charge on any atom is 0.483 e. The fourth-order valence-electron chi connectivity index (χ4n) is 3.68. The van der Waals surface area contributed by atoms with Crippen molar-refractivity contribution < 1.29 is 22.2 Å². The Bertz CT molecular complexity index is 985. The summed E-state index contributed by atoms with van der Waals surface area (Å²) in [4.78, 5) is 19.7. The number of H-pyrrole nitrogens is 1. The maximum absolute atomic E-state index is 12.7. The minimum absolute atomic E-state index is 0.00773. The van der Waals surface area contributed by atoms with Crippen molar-refractivity contribution in [2.24, 2.45) is 0 Å². The number of rotatable bonds is 3. The molecule has 2 atom stereocenters. The van der Waals surface area contributed by atoms with Crippen LogP contribution in [0, 0.1) is 4.78 Å². The standard InChI is InChI=1S/C17H19F3N6O2S/c18-17(19,20)29(21,28)14-3-1-11(2-4-14)13-8-26(9-13)16(27)25-6-5-12(7-25)15-22-10-23-24-15/h1-4,10,12-13,21H,5-9H2,(H,22,23,24). The van der Waals surface area contributed by atoms with Crippen molar-refractivity contribution in [3.8, 4) is 0 Å². The van der Waals surface area contributed by atoms with Gasteiger partial charge in [0.15, 0.2) is 9.73 Å². The number of carbonyl (C=O) groups excluding carboxylic acids is 1. The van der Waals surface area contributed by atoms with E-state index in [4.69, 9.17) is 4.78 Å². The number of likely N-dealkylation sites (tertiary alicyclic amines) is 2. The second-order valence-corrected chi connectivity index (χ2v) is 9.30. The normalized spacial score (nSPS) is 22.4. The second-order valence-electron chi connectivity index (χ2n) is 7.26. The minimum Gasteiger partial charge on any atom is -0.324 e. The number of aromatic amines is 1. The zero-order chi connectivity index (χ0) is 20.8. The summed E-state index contributed by atoms with van der Waals surface area (Å²) < 4.78 is 57.0. The predicted octanol–water partition coefficient (Wildman–Crippen LogP) is 2.74. The average molecular weight is 428 g/mol. The Hall–Kier alpha value is -2.63. The van der Waals surface area contributed by atoms with Gasteiger partial charge in [-0.2, -0.15) is 18.3 Å². The van der Waals surface area contributed by atoms with E-state index < -0.39 is 20.1 Å². The molecule has 2 aromatic rings. The molecule has 2 fully saturated rings. The van der Waals surface area contributed by atoms with Crippen molar-refractivity contribution in [3.05, 3.63) is 42.0 Å². The summed E-state index contributed by atoms with van der Waals surface area (Å²) in [5.74, 6) is 0.916. The fraction of sp³-hybridized carbons (Fsp3) is 0.471. The lowest BCUT2D eigenvalue weighted by atomic mass is 9.92. The van der Waals surface area contributed by atoms with Crippen LogP contribution in [0.2, 0.25) is 0 Å². The molecule has 2 aliphatic rings. The molecule has 29 heavy (non-hydrogen) atoms. The summed E-state index contributed by atoms with van der Waals surface area (Å²) in [6, 6.07) is 5.02. The van der Waals surface area contributed by atoms with Crippen LogP contribution in [0.5, 0.6) is 0 Å². The summed E-state index contributed by atoms with van der Waals surface area (Å²) in [5.41, 5.74) is -4.34. The van der Waals surface area contributed by atoms with Gasteiger partial charge >= 0.3 is 11.5 Å². The molecule has 1 aromatic heterocycles. The number of nitrogens with one attached hydrogen (secondary N) is 2. The monoisotopic (exact) mass is 428 g/mol. The van der Waals surface area contributed by atoms with Gasteiger partial charge in [0.05, 0.1) is 4.90 Å². The molecule has 2 aliphatic heterocycles. The number of nitrogens with zero attached hydrogens (tertiary/aromatic N) is 4. The predicted molar refractivity (Wildman–Crippen MR) is 96.6 cm³/mol. The number of alkyl halides is 3. The third-order valence-electron chi connectivity index (χ3n) is 5.44. The van der Waals surface area contributed by atoms with Crippen LogP contribution in [0.3, 0.4) is 0 Å². The van der Waals surface area contributed by atoms with E-state index in [0.717, 1.165) is 29.9 Å². The maximum atomic E-state index is 12.7. The molecule has 12 heteroatoms. The first kappa shape index (κ1) is 19.7. The highest BCUT2D eigenvalue weighted by Crippen LogP contribution is 2.34. The molecule has 2 amide bonds. The van der Waals surface area contributed by atoms with Gasteiger partial charge in [0.1, 0.15) is 12.2 Å². The SMILES string of the molecule is N=S(=O)(c1ccc(C2CN(C(=O)N3CCC(c4ncn[nH]4)C3)C2)cc1)C(F)(F)F. The number of urea groups is 1. The molecule has 4 rings (SSSR count). The quantitative estimate of drug-likeness (QED) is 0.784. The third-order valence-corrected chi connectivity index (χ3v) is 7.03. The summed E-state index contributed by atoms with van der Waals surface area (Å²) >= 11 is 0. The highest BCUT2D eigenvalue weighted by Gasteiger charge is 2.43. The van der Waals surface area contributed by atoms with Crippen molar-refractivity contribution in [3.63, 3.8) is 0 Å². The average Bonchev–Trinajstić information content (AvgIpc) is 3.31. The minimum atomic E-state index is -5.10. The van der Waals surface area contributed by atoms with Crippen LogP contribution < -0.4 is 0 Å². The Labute approximate surface area is 165 Å². The number of halogens is 3. The Morgan fingerprint density at radius 3 is 2.38 bits per heavy atom. The molecule has 3 heterocycles. The Balaban J connectivity index is 1.34. The molecule has 0 spiro atoms. The van der Waals surface area contributed by atoms with Crippen molar-refractivity contribution in [2.45, 2.75) is 28.7 Å². The van der Waals surface area contributed by atoms with Crippen LogP contribution in [-0.2, 0) is 9.73 Å². The van der Waals surface area contributed by atoms with Crippen molar-refractivity contribution >= 4 is 15.8 Å². The lowest BCUT2D eigenvalue weighted by Crippen LogP contribution is -2.53. The number of hydrogen-bond acceptors (Lipinski definition) is 5. The Morgan fingerprint density at radius 2 is 1.79 bits per heavy atom. The van der Waals surface area contributed by atoms with Crippen LogP contribution in [0.1, 0.15) is 29.6 Å². The van der Waals surface area contributed by atoms with Gasteiger partial charge in [-0.3, -0.25) is 5.10 Å². The summed E-state index contributed by atoms with van der Waals surface area (Å²) in [5, 5.41) is 6.67. The lowest BCUT2D eigenvalue weighted by molar-refractivity contribution is -0.0406. The molecule has 1 aromatic carbocycles. The van der Waals surface area contributed by atoms with Gasteiger partial charge in [-0.15, -0.1) is 0 Å². The topological polar surface area (TPSA) is 106 Å². The van der Waals surface area contributed by atoms with Gasteiger partial charge in [-0.25, -0.2) is 18.8 Å². The van der Waals surface area contributed by atoms with Gasteiger partial charge in [0.25, 0.3) is 0 Å². The molecule has 156 valence electrons. The molecule has 8 nitrogen and oxygen atoms in total. The molecular formula is C17H19F3N6O2S. The largest absolute Gasteiger partial charge is 0.483 e. The Morgan fingerprint density at radius 1 is 1.14 bits per heavy atom. The van der Waals surface area contributed by atoms with E-state index in [1.807, 2.05) is 0 Å². The summed E-state index contributed by atoms with van der Waals surface area (Å²) in [6.45, 7) is 2.14. The van der Waals surface area contributed by atoms with Gasteiger partial charge < -0.3 is 9.80 Å². The smallest absolute Gasteiger partial charge is 0.324 e. The van der Waals surface area contributed by atoms with E-state index in [1.165, 1.54) is 18.5 Å². The molecule has 2 saturated heterocycles. The van der Waals surface area contributed by atoms with Gasteiger partial charge in [-0.1, -0.05) is 12.1 Å². The van der Waals surface area contributed by atoms with E-state index in [-0.39, 0.29) is 17.9 Å². The van der Waals surface area contributed by atoms with Crippen molar-refractivity contribution in [1.82, 2.24) is 25.0 Å². The van der Waals surface area contributed by atoms with E-state index >= 15 is 0 Å². The van der Waals surface area contributed by atoms with Gasteiger partial charge in [0.2, 0.25) is 0 Å². The summed E-state index contributed by atoms with van der Waals surface area (Å²) in [6.07, 6.45) is 2.25. The Kier molecular flexibility index (Phi) is 4.75. The van der Waals surface area contributed by atoms with Gasteiger partial charge in [-0.05, 0) is 24.1 Å². The number of carbonyl (C=O) groups is 1. The van der Waals surface area contributed by atoms with Crippen LogP contribution >= 0.6 is 0 Å². The van der Waals surface area contributed by atoms with E-state index in [1.54, 1.807) is 9.80 Å². The summed E-state index contributed by atoms with van der Waals surface area (Å²) in [7, 11) is -4.85. The molecule has 0 bridgehead atoms. The molecule has 0 aliphatic carbocycles. The molecular weight excluding hydrogens is 409 g/mol. The van der Waals surface area contributed by atoms with Crippen LogP contribution in [-0.4, -0.2) is 66.9 Å². The lowest BCUT2D eigenvalue weighted by Gasteiger charge is -2.41. The first-order chi connectivity index (χ1) is 13.7. The molecule has 2 unspecified atom stereocenters.